The molecule has 2 aromatic rings. The van der Waals surface area contributed by atoms with Gasteiger partial charge in [-0.15, -0.1) is 5.10 Å². The Labute approximate surface area is 175 Å². The van der Waals surface area contributed by atoms with Crippen molar-refractivity contribution in [1.29, 1.82) is 0 Å². The smallest absolute Gasteiger partial charge is 0.248 e. The zero-order valence-corrected chi connectivity index (χ0v) is 17.9. The number of amides is 2. The molecule has 1 fully saturated rings. The molecule has 3 rings (SSSR count). The molecule has 30 heavy (non-hydrogen) atoms. The van der Waals surface area contributed by atoms with Gasteiger partial charge >= 0.3 is 0 Å². The fourth-order valence-corrected chi connectivity index (χ4v) is 3.65. The SMILES string of the molecule is CNC(=O)[C@H]1CC(O)CN1C(=O)C(n1cc(COc2cnn(C)c2)nn1)C(C)(C)C. The van der Waals surface area contributed by atoms with Gasteiger partial charge in [0.25, 0.3) is 0 Å². The number of carbonyl (C=O) groups excluding carboxylic acids is 2. The summed E-state index contributed by atoms with van der Waals surface area (Å²) in [6, 6.07) is -1.41. The number of β-amino-alcohol motifs (C(OH)–C–C–N with tert-alkyl or cyclic N) is 1. The van der Waals surface area contributed by atoms with E-state index in [4.69, 9.17) is 4.74 Å². The van der Waals surface area contributed by atoms with Crippen molar-refractivity contribution in [2.75, 3.05) is 13.6 Å². The number of nitrogens with zero attached hydrogens (tertiary/aromatic N) is 6. The second kappa shape index (κ2) is 8.42. The van der Waals surface area contributed by atoms with Gasteiger partial charge in [0.15, 0.2) is 5.75 Å². The van der Waals surface area contributed by atoms with Gasteiger partial charge in [-0.25, -0.2) is 4.68 Å². The molecule has 0 radical (unpaired) electrons. The normalized spacial score (nSPS) is 20.3. The van der Waals surface area contributed by atoms with Crippen molar-refractivity contribution in [2.45, 2.75) is 52.0 Å². The van der Waals surface area contributed by atoms with Crippen LogP contribution in [0.2, 0.25) is 0 Å². The lowest BCUT2D eigenvalue weighted by molar-refractivity contribution is -0.144. The quantitative estimate of drug-likeness (QED) is 0.668. The van der Waals surface area contributed by atoms with E-state index in [1.54, 1.807) is 30.3 Å². The van der Waals surface area contributed by atoms with Gasteiger partial charge in [0, 0.05) is 27.1 Å². The maximum absolute atomic E-state index is 13.5. The topological polar surface area (TPSA) is 127 Å². The number of likely N-dealkylation sites (N-methyl/N-ethyl adjacent to an activating group) is 1. The molecule has 0 aliphatic carbocycles. The van der Waals surface area contributed by atoms with E-state index in [1.165, 1.54) is 16.6 Å². The first-order valence-electron chi connectivity index (χ1n) is 9.82. The van der Waals surface area contributed by atoms with Crippen LogP contribution in [0.25, 0.3) is 0 Å². The van der Waals surface area contributed by atoms with E-state index in [9.17, 15) is 14.7 Å². The van der Waals surface area contributed by atoms with Crippen molar-refractivity contribution in [1.82, 2.24) is 35.0 Å². The lowest BCUT2D eigenvalue weighted by Gasteiger charge is -2.34. The van der Waals surface area contributed by atoms with Crippen molar-refractivity contribution >= 4 is 11.8 Å². The molecule has 164 valence electrons. The largest absolute Gasteiger partial charge is 0.484 e. The Morgan fingerprint density at radius 3 is 2.70 bits per heavy atom. The van der Waals surface area contributed by atoms with Gasteiger partial charge in [0.2, 0.25) is 11.8 Å². The van der Waals surface area contributed by atoms with Crippen LogP contribution < -0.4 is 10.1 Å². The molecule has 11 nitrogen and oxygen atoms in total. The molecule has 0 spiro atoms. The highest BCUT2D eigenvalue weighted by Crippen LogP contribution is 2.34. The van der Waals surface area contributed by atoms with Crippen LogP contribution >= 0.6 is 0 Å². The summed E-state index contributed by atoms with van der Waals surface area (Å²) in [5.74, 6) is 0.0314. The Kier molecular flexibility index (Phi) is 6.11. The van der Waals surface area contributed by atoms with Crippen LogP contribution in [-0.2, 0) is 23.2 Å². The molecular weight excluding hydrogens is 390 g/mol. The van der Waals surface area contributed by atoms with Crippen molar-refractivity contribution < 1.29 is 19.4 Å². The Morgan fingerprint density at radius 2 is 2.10 bits per heavy atom. The van der Waals surface area contributed by atoms with Crippen LogP contribution in [-0.4, -0.2) is 72.3 Å². The number of nitrogens with one attached hydrogen (secondary N) is 1. The third-order valence-corrected chi connectivity index (χ3v) is 5.06. The zero-order chi connectivity index (χ0) is 22.1. The molecule has 1 aliphatic heterocycles. The van der Waals surface area contributed by atoms with Crippen LogP contribution in [0.4, 0.5) is 0 Å². The van der Waals surface area contributed by atoms with E-state index >= 15 is 0 Å². The number of ether oxygens (including phenoxy) is 1. The fraction of sp³-hybridized carbons (Fsp3) is 0.632. The van der Waals surface area contributed by atoms with Crippen LogP contribution in [0.5, 0.6) is 5.75 Å². The number of aromatic nitrogens is 5. The number of hydrogen-bond donors (Lipinski definition) is 2. The highest BCUT2D eigenvalue weighted by atomic mass is 16.5. The van der Waals surface area contributed by atoms with E-state index in [0.29, 0.717) is 11.4 Å². The Morgan fingerprint density at radius 1 is 1.37 bits per heavy atom. The summed E-state index contributed by atoms with van der Waals surface area (Å²) >= 11 is 0. The lowest BCUT2D eigenvalue weighted by Crippen LogP contribution is -2.49. The summed E-state index contributed by atoms with van der Waals surface area (Å²) < 4.78 is 8.79. The third-order valence-electron chi connectivity index (χ3n) is 5.06. The predicted octanol–water partition coefficient (Wildman–Crippen LogP) is -0.114. The fourth-order valence-electron chi connectivity index (χ4n) is 3.65. The number of rotatable bonds is 6. The summed E-state index contributed by atoms with van der Waals surface area (Å²) in [6.45, 7) is 6.05. The summed E-state index contributed by atoms with van der Waals surface area (Å²) in [5, 5.41) is 25.0. The maximum Gasteiger partial charge on any atom is 0.248 e. The Balaban J connectivity index is 1.80. The molecule has 2 N–H and O–H groups in total. The van der Waals surface area contributed by atoms with Crippen molar-refractivity contribution in [3.05, 3.63) is 24.3 Å². The third kappa shape index (κ3) is 4.61. The van der Waals surface area contributed by atoms with Crippen molar-refractivity contribution in [3.8, 4) is 5.75 Å². The summed E-state index contributed by atoms with van der Waals surface area (Å²) in [5.41, 5.74) is 0.0535. The van der Waals surface area contributed by atoms with E-state index in [2.05, 4.69) is 20.7 Å². The van der Waals surface area contributed by atoms with Crippen LogP contribution in [0.15, 0.2) is 18.6 Å². The first-order valence-corrected chi connectivity index (χ1v) is 9.82. The molecule has 0 bridgehead atoms. The number of carbonyl (C=O) groups is 2. The number of hydrogen-bond acceptors (Lipinski definition) is 7. The Bertz CT molecular complexity index is 901. The molecule has 11 heteroatoms. The number of likely N-dealkylation sites (tertiary alicyclic amines) is 1. The minimum absolute atomic E-state index is 0.106. The van der Waals surface area contributed by atoms with Gasteiger partial charge in [0.05, 0.1) is 24.7 Å². The summed E-state index contributed by atoms with van der Waals surface area (Å²) in [7, 11) is 3.31. The number of aryl methyl sites for hydroxylation is 1. The van der Waals surface area contributed by atoms with Gasteiger partial charge < -0.3 is 20.1 Å². The molecule has 0 aromatic carbocycles. The molecule has 1 saturated heterocycles. The molecular formula is C19H29N7O4. The number of aliphatic hydroxyl groups is 1. The second-order valence-corrected chi connectivity index (χ2v) is 8.61. The molecule has 3 heterocycles. The lowest BCUT2D eigenvalue weighted by atomic mass is 9.85. The van der Waals surface area contributed by atoms with Gasteiger partial charge in [0.1, 0.15) is 24.4 Å². The highest BCUT2D eigenvalue weighted by Gasteiger charge is 2.44. The second-order valence-electron chi connectivity index (χ2n) is 8.61. The van der Waals surface area contributed by atoms with Crippen molar-refractivity contribution in [3.63, 3.8) is 0 Å². The van der Waals surface area contributed by atoms with Crippen molar-refractivity contribution in [2.24, 2.45) is 12.5 Å². The summed E-state index contributed by atoms with van der Waals surface area (Å²) in [6.07, 6.45) is 4.48. The van der Waals surface area contributed by atoms with Gasteiger partial charge in [-0.2, -0.15) is 5.10 Å². The van der Waals surface area contributed by atoms with Crippen LogP contribution in [0.1, 0.15) is 38.9 Å². The molecule has 2 unspecified atom stereocenters. The first kappa shape index (κ1) is 21.8. The molecule has 2 aromatic heterocycles. The average Bonchev–Trinajstić information content (AvgIpc) is 3.38. The standard InChI is InChI=1S/C19H29N7O4/c1-19(2,3)16(18(29)25-9-13(27)6-15(25)17(28)20-4)26-8-12(22-23-26)11-30-14-7-21-24(5)10-14/h7-8,10,13,15-16,27H,6,9,11H2,1-5H3,(H,20,28)/t13?,15-,16?/m1/s1. The van der Waals surface area contributed by atoms with Crippen LogP contribution in [0.3, 0.4) is 0 Å². The monoisotopic (exact) mass is 419 g/mol. The van der Waals surface area contributed by atoms with Gasteiger partial charge in [-0.05, 0) is 5.41 Å². The molecule has 0 saturated carbocycles. The predicted molar refractivity (Wildman–Crippen MR) is 106 cm³/mol. The molecule has 3 atom stereocenters. The molecule has 1 aliphatic rings. The average molecular weight is 419 g/mol. The molecule has 2 amide bonds. The van der Waals surface area contributed by atoms with E-state index in [-0.39, 0.29) is 31.4 Å². The van der Waals surface area contributed by atoms with Gasteiger partial charge in [-0.1, -0.05) is 26.0 Å². The van der Waals surface area contributed by atoms with E-state index in [0.717, 1.165) is 0 Å². The Hall–Kier alpha value is -2.95. The van der Waals surface area contributed by atoms with E-state index < -0.39 is 23.6 Å². The van der Waals surface area contributed by atoms with E-state index in [1.807, 2.05) is 20.8 Å². The van der Waals surface area contributed by atoms with Gasteiger partial charge in [-0.3, -0.25) is 14.3 Å². The first-order chi connectivity index (χ1) is 14.1. The summed E-state index contributed by atoms with van der Waals surface area (Å²) in [4.78, 5) is 27.1. The number of aliphatic hydroxyl groups excluding tert-OH is 1. The van der Waals surface area contributed by atoms with Crippen LogP contribution in [0, 0.1) is 5.41 Å². The maximum atomic E-state index is 13.5. The minimum Gasteiger partial charge on any atom is -0.484 e. The zero-order valence-electron chi connectivity index (χ0n) is 17.9. The highest BCUT2D eigenvalue weighted by molar-refractivity contribution is 5.90. The minimum atomic E-state index is -0.740.